The van der Waals surface area contributed by atoms with Crippen LogP contribution >= 0.6 is 23.2 Å². The van der Waals surface area contributed by atoms with Crippen molar-refractivity contribution >= 4 is 35.8 Å². The van der Waals surface area contributed by atoms with Crippen LogP contribution in [0.2, 0.25) is 10.0 Å². The van der Waals surface area contributed by atoms with E-state index in [4.69, 9.17) is 38.0 Å². The summed E-state index contributed by atoms with van der Waals surface area (Å²) in [6.07, 6.45) is 0. The zero-order valence-corrected chi connectivity index (χ0v) is 11.4. The molecule has 98 valence electrons. The molecule has 0 aromatic heterocycles. The van der Waals surface area contributed by atoms with Gasteiger partial charge < -0.3 is 14.8 Å². The molecule has 2 aromatic rings. The lowest BCUT2D eigenvalue weighted by molar-refractivity contribution is 0.306. The first-order valence-electron chi connectivity index (χ1n) is 5.59. The van der Waals surface area contributed by atoms with Gasteiger partial charge in [-0.1, -0.05) is 41.4 Å². The number of rotatable bonds is 4. The summed E-state index contributed by atoms with van der Waals surface area (Å²) >= 11 is 12.1. The first-order chi connectivity index (χ1) is 9.08. The van der Waals surface area contributed by atoms with Crippen LogP contribution in [0.4, 0.5) is 0 Å². The van der Waals surface area contributed by atoms with E-state index in [1.807, 2.05) is 0 Å². The topological polar surface area (TPSA) is 49.7 Å². The van der Waals surface area contributed by atoms with Crippen LogP contribution in [0.3, 0.4) is 0 Å². The van der Waals surface area contributed by atoms with Crippen LogP contribution in [0.15, 0.2) is 42.5 Å². The standard InChI is InChI=1S/C13H11BCl2O3/c15-12-5-2-6-13(16)11(12)8-19-10-4-1-3-9(7-10)14(17)18/h1-7,17-18H,8H2. The Hall–Kier alpha value is -1.20. The number of hydrogen-bond donors (Lipinski definition) is 2. The maximum Gasteiger partial charge on any atom is 0.488 e. The Balaban J connectivity index is 2.12. The molecule has 3 nitrogen and oxygen atoms in total. The predicted molar refractivity (Wildman–Crippen MR) is 77.1 cm³/mol. The monoisotopic (exact) mass is 296 g/mol. The van der Waals surface area contributed by atoms with Gasteiger partial charge in [0.15, 0.2) is 0 Å². The largest absolute Gasteiger partial charge is 0.489 e. The van der Waals surface area contributed by atoms with Gasteiger partial charge in [-0.15, -0.1) is 0 Å². The summed E-state index contributed by atoms with van der Waals surface area (Å²) in [5, 5.41) is 19.2. The molecule has 2 rings (SSSR count). The SMILES string of the molecule is OB(O)c1cccc(OCc2c(Cl)cccc2Cl)c1. The Bertz CT molecular complexity index is 555. The van der Waals surface area contributed by atoms with Gasteiger partial charge in [0.2, 0.25) is 0 Å². The van der Waals surface area contributed by atoms with E-state index in [-0.39, 0.29) is 6.61 Å². The number of hydrogen-bond acceptors (Lipinski definition) is 3. The summed E-state index contributed by atoms with van der Waals surface area (Å²) in [4.78, 5) is 0. The van der Waals surface area contributed by atoms with E-state index in [0.717, 1.165) is 0 Å². The minimum atomic E-state index is -1.52. The number of benzene rings is 2. The fourth-order valence-corrected chi connectivity index (χ4v) is 2.10. The molecular formula is C13H11BCl2O3. The molecule has 0 bridgehead atoms. The molecular weight excluding hydrogens is 286 g/mol. The molecule has 0 heterocycles. The van der Waals surface area contributed by atoms with E-state index in [2.05, 4.69) is 0 Å². The third kappa shape index (κ3) is 3.64. The van der Waals surface area contributed by atoms with Gasteiger partial charge in [0.1, 0.15) is 12.4 Å². The molecule has 19 heavy (non-hydrogen) atoms. The summed E-state index contributed by atoms with van der Waals surface area (Å²) in [5.74, 6) is 0.515. The van der Waals surface area contributed by atoms with Crippen molar-refractivity contribution in [1.82, 2.24) is 0 Å². The van der Waals surface area contributed by atoms with Gasteiger partial charge >= 0.3 is 7.12 Å². The van der Waals surface area contributed by atoms with Crippen molar-refractivity contribution in [3.63, 3.8) is 0 Å². The third-order valence-electron chi connectivity index (χ3n) is 2.60. The van der Waals surface area contributed by atoms with Gasteiger partial charge in [-0.2, -0.15) is 0 Å². The van der Waals surface area contributed by atoms with E-state index in [9.17, 15) is 0 Å². The van der Waals surface area contributed by atoms with Crippen molar-refractivity contribution in [2.24, 2.45) is 0 Å². The van der Waals surface area contributed by atoms with Gasteiger partial charge in [0, 0.05) is 15.6 Å². The molecule has 6 heteroatoms. The highest BCUT2D eigenvalue weighted by atomic mass is 35.5. The second-order valence-corrected chi connectivity index (χ2v) is 4.75. The van der Waals surface area contributed by atoms with E-state index in [0.29, 0.717) is 26.8 Å². The zero-order chi connectivity index (χ0) is 13.8. The summed E-state index contributed by atoms with van der Waals surface area (Å²) in [6, 6.07) is 11.8. The molecule has 0 saturated carbocycles. The molecule has 0 radical (unpaired) electrons. The lowest BCUT2D eigenvalue weighted by Gasteiger charge is -2.10. The van der Waals surface area contributed by atoms with Crippen LogP contribution in [-0.2, 0) is 6.61 Å². The van der Waals surface area contributed by atoms with Crippen molar-refractivity contribution < 1.29 is 14.8 Å². The van der Waals surface area contributed by atoms with E-state index in [1.54, 1.807) is 42.5 Å². The Morgan fingerprint density at radius 1 is 1.00 bits per heavy atom. The van der Waals surface area contributed by atoms with Crippen LogP contribution in [0.25, 0.3) is 0 Å². The van der Waals surface area contributed by atoms with Gasteiger partial charge in [-0.25, -0.2) is 0 Å². The number of ether oxygens (including phenoxy) is 1. The minimum Gasteiger partial charge on any atom is -0.489 e. The molecule has 0 saturated heterocycles. The fraction of sp³-hybridized carbons (Fsp3) is 0.0769. The van der Waals surface area contributed by atoms with Gasteiger partial charge in [0.25, 0.3) is 0 Å². The highest BCUT2D eigenvalue weighted by molar-refractivity contribution is 6.58. The fourth-order valence-electron chi connectivity index (χ4n) is 1.59. The van der Waals surface area contributed by atoms with Crippen molar-refractivity contribution in [3.8, 4) is 5.75 Å². The first kappa shape index (κ1) is 14.2. The molecule has 0 aliphatic carbocycles. The lowest BCUT2D eigenvalue weighted by atomic mass is 9.80. The summed E-state index contributed by atoms with van der Waals surface area (Å²) in [7, 11) is -1.52. The third-order valence-corrected chi connectivity index (χ3v) is 3.31. The maximum atomic E-state index is 9.08. The quantitative estimate of drug-likeness (QED) is 0.851. The van der Waals surface area contributed by atoms with Crippen molar-refractivity contribution in [2.45, 2.75) is 6.61 Å². The van der Waals surface area contributed by atoms with Crippen molar-refractivity contribution in [2.75, 3.05) is 0 Å². The van der Waals surface area contributed by atoms with Crippen LogP contribution in [-0.4, -0.2) is 17.2 Å². The Kier molecular flexibility index (Phi) is 4.72. The summed E-state index contributed by atoms with van der Waals surface area (Å²) in [5.41, 5.74) is 1.06. The summed E-state index contributed by atoms with van der Waals surface area (Å²) < 4.78 is 5.55. The molecule has 2 N–H and O–H groups in total. The molecule has 0 spiro atoms. The minimum absolute atomic E-state index is 0.212. The zero-order valence-electron chi connectivity index (χ0n) is 9.88. The summed E-state index contributed by atoms with van der Waals surface area (Å²) in [6.45, 7) is 0.212. The van der Waals surface area contributed by atoms with E-state index in [1.165, 1.54) is 0 Å². The van der Waals surface area contributed by atoms with E-state index >= 15 is 0 Å². The predicted octanol–water partition coefficient (Wildman–Crippen LogP) is 2.25. The van der Waals surface area contributed by atoms with Crippen LogP contribution < -0.4 is 10.2 Å². The Morgan fingerprint density at radius 3 is 2.26 bits per heavy atom. The van der Waals surface area contributed by atoms with Gasteiger partial charge in [-0.05, 0) is 29.7 Å². The maximum absolute atomic E-state index is 9.08. The van der Waals surface area contributed by atoms with Crippen LogP contribution in [0.5, 0.6) is 5.75 Å². The molecule has 0 unspecified atom stereocenters. The molecule has 0 fully saturated rings. The highest BCUT2D eigenvalue weighted by Gasteiger charge is 2.12. The average molecular weight is 297 g/mol. The Labute approximate surface area is 121 Å². The second-order valence-electron chi connectivity index (χ2n) is 3.94. The average Bonchev–Trinajstić information content (AvgIpc) is 2.38. The molecule has 0 amide bonds. The number of halogens is 2. The Morgan fingerprint density at radius 2 is 1.63 bits per heavy atom. The normalized spacial score (nSPS) is 10.3. The second kappa shape index (κ2) is 6.30. The van der Waals surface area contributed by atoms with E-state index < -0.39 is 7.12 Å². The smallest absolute Gasteiger partial charge is 0.488 e. The van der Waals surface area contributed by atoms with Crippen molar-refractivity contribution in [3.05, 3.63) is 58.1 Å². The first-order valence-corrected chi connectivity index (χ1v) is 6.35. The van der Waals surface area contributed by atoms with Gasteiger partial charge in [0.05, 0.1) is 0 Å². The lowest BCUT2D eigenvalue weighted by Crippen LogP contribution is -2.29. The van der Waals surface area contributed by atoms with Gasteiger partial charge in [-0.3, -0.25) is 0 Å². The molecule has 0 aliphatic heterocycles. The highest BCUT2D eigenvalue weighted by Crippen LogP contribution is 2.25. The van der Waals surface area contributed by atoms with Crippen LogP contribution in [0.1, 0.15) is 5.56 Å². The molecule has 0 atom stereocenters. The van der Waals surface area contributed by atoms with Crippen LogP contribution in [0, 0.1) is 0 Å². The molecule has 0 aliphatic rings. The van der Waals surface area contributed by atoms with Crippen molar-refractivity contribution in [1.29, 1.82) is 0 Å². The molecule has 2 aromatic carbocycles.